The summed E-state index contributed by atoms with van der Waals surface area (Å²) in [7, 11) is -1.82. The highest BCUT2D eigenvalue weighted by Gasteiger charge is 2.31. The van der Waals surface area contributed by atoms with Crippen LogP contribution in [-0.4, -0.2) is 39.5 Å². The largest absolute Gasteiger partial charge is 0.399 e. The van der Waals surface area contributed by atoms with Gasteiger partial charge in [0.1, 0.15) is 0 Å². The molecule has 1 aliphatic rings. The summed E-state index contributed by atoms with van der Waals surface area (Å²) in [4.78, 5) is 0.315. The summed E-state index contributed by atoms with van der Waals surface area (Å²) >= 11 is 0. The molecule has 2 N–H and O–H groups in total. The van der Waals surface area contributed by atoms with Crippen LogP contribution in [0.2, 0.25) is 0 Å². The van der Waals surface area contributed by atoms with Gasteiger partial charge >= 0.3 is 0 Å². The van der Waals surface area contributed by atoms with Crippen molar-refractivity contribution in [2.45, 2.75) is 24.7 Å². The molecule has 0 radical (unpaired) electrons. The minimum atomic E-state index is -3.47. The van der Waals surface area contributed by atoms with Gasteiger partial charge < -0.3 is 10.5 Å². The second kappa shape index (κ2) is 6.11. The third-order valence-electron chi connectivity index (χ3n) is 3.71. The fraction of sp³-hybridized carbons (Fsp3) is 0.571. The summed E-state index contributed by atoms with van der Waals surface area (Å²) in [6, 6.07) is 5.02. The van der Waals surface area contributed by atoms with E-state index in [1.807, 2.05) is 0 Å². The molecule has 1 fully saturated rings. The van der Waals surface area contributed by atoms with Crippen molar-refractivity contribution in [3.63, 3.8) is 0 Å². The van der Waals surface area contributed by atoms with Crippen molar-refractivity contribution < 1.29 is 13.2 Å². The average molecular weight is 298 g/mol. The van der Waals surface area contributed by atoms with Gasteiger partial charge in [-0.3, -0.25) is 0 Å². The number of hydrogen-bond acceptors (Lipinski definition) is 4. The lowest BCUT2D eigenvalue weighted by Gasteiger charge is -2.32. The molecule has 0 amide bonds. The first-order valence-electron chi connectivity index (χ1n) is 6.80. The Morgan fingerprint density at radius 1 is 1.45 bits per heavy atom. The number of nitrogen functional groups attached to an aromatic ring is 1. The monoisotopic (exact) mass is 298 g/mol. The van der Waals surface area contributed by atoms with Crippen LogP contribution in [0.3, 0.4) is 0 Å². The number of benzene rings is 1. The molecule has 1 aromatic carbocycles. The highest BCUT2D eigenvalue weighted by Crippen LogP contribution is 2.26. The van der Waals surface area contributed by atoms with Gasteiger partial charge in [0.2, 0.25) is 10.0 Å². The van der Waals surface area contributed by atoms with Crippen LogP contribution in [0.25, 0.3) is 0 Å². The molecular weight excluding hydrogens is 276 g/mol. The van der Waals surface area contributed by atoms with Crippen molar-refractivity contribution in [2.24, 2.45) is 5.92 Å². The smallest absolute Gasteiger partial charge is 0.243 e. The fourth-order valence-corrected chi connectivity index (χ4v) is 4.47. The van der Waals surface area contributed by atoms with Crippen LogP contribution >= 0.6 is 0 Å². The van der Waals surface area contributed by atoms with Crippen molar-refractivity contribution in [2.75, 3.05) is 32.5 Å². The van der Waals surface area contributed by atoms with Gasteiger partial charge in [-0.15, -0.1) is 0 Å². The Balaban J connectivity index is 2.27. The Bertz CT molecular complexity index is 570. The minimum absolute atomic E-state index is 0.268. The number of piperidine rings is 1. The summed E-state index contributed by atoms with van der Waals surface area (Å²) in [5, 5.41) is 0. The van der Waals surface area contributed by atoms with Crippen LogP contribution in [0.1, 0.15) is 18.4 Å². The van der Waals surface area contributed by atoms with Gasteiger partial charge in [0, 0.05) is 25.9 Å². The number of sulfonamides is 1. The topological polar surface area (TPSA) is 72.6 Å². The maximum Gasteiger partial charge on any atom is 0.243 e. The Morgan fingerprint density at radius 2 is 2.20 bits per heavy atom. The van der Waals surface area contributed by atoms with Crippen LogP contribution in [0.5, 0.6) is 0 Å². The maximum atomic E-state index is 12.7. The van der Waals surface area contributed by atoms with Gasteiger partial charge in [0.15, 0.2) is 0 Å². The molecule has 1 saturated heterocycles. The zero-order valence-electron chi connectivity index (χ0n) is 12.0. The summed E-state index contributed by atoms with van der Waals surface area (Å²) in [5.74, 6) is 0.268. The first-order valence-corrected chi connectivity index (χ1v) is 8.24. The Kier molecular flexibility index (Phi) is 4.67. The molecule has 0 spiro atoms. The summed E-state index contributed by atoms with van der Waals surface area (Å²) in [5.41, 5.74) is 6.93. The first kappa shape index (κ1) is 15.3. The van der Waals surface area contributed by atoms with Crippen LogP contribution in [-0.2, 0) is 14.8 Å². The SMILES string of the molecule is COCC1CCCN(S(=O)(=O)c2cc(N)ccc2C)C1. The standard InChI is InChI=1S/C14H22N2O3S/c1-11-5-6-13(15)8-14(11)20(17,18)16-7-3-4-12(9-16)10-19-2/h5-6,8,12H,3-4,7,9-10,15H2,1-2H3. The normalized spacial score (nSPS) is 21.0. The molecule has 1 unspecified atom stereocenters. The van der Waals surface area contributed by atoms with E-state index in [9.17, 15) is 8.42 Å². The van der Waals surface area contributed by atoms with Crippen LogP contribution in [0, 0.1) is 12.8 Å². The Morgan fingerprint density at radius 3 is 2.90 bits per heavy atom. The second-order valence-corrected chi connectivity index (χ2v) is 7.26. The van der Waals surface area contributed by atoms with Gasteiger partial charge in [0.25, 0.3) is 0 Å². The molecule has 0 aliphatic carbocycles. The summed E-state index contributed by atoms with van der Waals surface area (Å²) in [6.07, 6.45) is 1.88. The summed E-state index contributed by atoms with van der Waals surface area (Å²) in [6.45, 7) is 3.48. The fourth-order valence-electron chi connectivity index (χ4n) is 2.65. The van der Waals surface area contributed by atoms with E-state index >= 15 is 0 Å². The van der Waals surface area contributed by atoms with Gasteiger partial charge in [-0.05, 0) is 43.4 Å². The number of aryl methyl sites for hydroxylation is 1. The number of nitrogens with zero attached hydrogens (tertiary/aromatic N) is 1. The molecular formula is C14H22N2O3S. The van der Waals surface area contributed by atoms with E-state index in [0.29, 0.717) is 30.3 Å². The lowest BCUT2D eigenvalue weighted by molar-refractivity contribution is 0.118. The first-order chi connectivity index (χ1) is 9.45. The number of rotatable bonds is 4. The van der Waals surface area contributed by atoms with Crippen molar-refractivity contribution in [3.8, 4) is 0 Å². The molecule has 20 heavy (non-hydrogen) atoms. The Hall–Kier alpha value is -1.11. The van der Waals surface area contributed by atoms with Crippen LogP contribution in [0.4, 0.5) is 5.69 Å². The number of anilines is 1. The lowest BCUT2D eigenvalue weighted by Crippen LogP contribution is -2.41. The highest BCUT2D eigenvalue weighted by atomic mass is 32.2. The minimum Gasteiger partial charge on any atom is -0.399 e. The zero-order valence-corrected chi connectivity index (χ0v) is 12.8. The molecule has 1 atom stereocenters. The molecule has 0 saturated carbocycles. The van der Waals surface area contributed by atoms with Crippen molar-refractivity contribution in [3.05, 3.63) is 23.8 Å². The molecule has 2 rings (SSSR count). The van der Waals surface area contributed by atoms with Crippen LogP contribution in [0.15, 0.2) is 23.1 Å². The van der Waals surface area contributed by atoms with Gasteiger partial charge in [-0.1, -0.05) is 6.07 Å². The van der Waals surface area contributed by atoms with Crippen molar-refractivity contribution in [1.82, 2.24) is 4.31 Å². The third kappa shape index (κ3) is 3.13. The zero-order chi connectivity index (χ0) is 14.8. The predicted octanol–water partition coefficient (Wildman–Crippen LogP) is 1.62. The maximum absolute atomic E-state index is 12.7. The molecule has 5 nitrogen and oxygen atoms in total. The predicted molar refractivity (Wildman–Crippen MR) is 79.0 cm³/mol. The number of methoxy groups -OCH3 is 1. The molecule has 6 heteroatoms. The average Bonchev–Trinajstić information content (AvgIpc) is 2.42. The summed E-state index contributed by atoms with van der Waals surface area (Å²) < 4.78 is 32.2. The number of hydrogen-bond donors (Lipinski definition) is 1. The second-order valence-electron chi connectivity index (χ2n) is 5.35. The molecule has 1 aromatic rings. The van der Waals surface area contributed by atoms with E-state index in [1.54, 1.807) is 36.5 Å². The van der Waals surface area contributed by atoms with E-state index < -0.39 is 10.0 Å². The van der Waals surface area contributed by atoms with E-state index in [4.69, 9.17) is 10.5 Å². The van der Waals surface area contributed by atoms with Crippen molar-refractivity contribution >= 4 is 15.7 Å². The highest BCUT2D eigenvalue weighted by molar-refractivity contribution is 7.89. The number of ether oxygens (including phenoxy) is 1. The van der Waals surface area contributed by atoms with Crippen molar-refractivity contribution in [1.29, 1.82) is 0 Å². The van der Waals surface area contributed by atoms with E-state index in [0.717, 1.165) is 18.4 Å². The Labute approximate surface area is 120 Å². The van der Waals surface area contributed by atoms with E-state index in [-0.39, 0.29) is 5.92 Å². The van der Waals surface area contributed by atoms with Gasteiger partial charge in [-0.25, -0.2) is 8.42 Å². The third-order valence-corrected chi connectivity index (χ3v) is 5.72. The van der Waals surface area contributed by atoms with Gasteiger partial charge in [0.05, 0.1) is 11.5 Å². The van der Waals surface area contributed by atoms with Crippen LogP contribution < -0.4 is 5.73 Å². The lowest BCUT2D eigenvalue weighted by atomic mass is 10.0. The van der Waals surface area contributed by atoms with E-state index in [2.05, 4.69) is 0 Å². The molecule has 0 aromatic heterocycles. The van der Waals surface area contributed by atoms with E-state index in [1.165, 1.54) is 0 Å². The molecule has 112 valence electrons. The molecule has 1 aliphatic heterocycles. The molecule has 1 heterocycles. The quantitative estimate of drug-likeness (QED) is 0.857. The molecule has 0 bridgehead atoms. The number of nitrogens with two attached hydrogens (primary N) is 1. The van der Waals surface area contributed by atoms with Gasteiger partial charge in [-0.2, -0.15) is 4.31 Å².